The van der Waals surface area contributed by atoms with Gasteiger partial charge in [-0.25, -0.2) is 0 Å². The zero-order valence-electron chi connectivity index (χ0n) is 11.0. The van der Waals surface area contributed by atoms with E-state index in [0.717, 1.165) is 17.9 Å². The van der Waals surface area contributed by atoms with E-state index in [4.69, 9.17) is 10.2 Å². The summed E-state index contributed by atoms with van der Waals surface area (Å²) in [5.41, 5.74) is 7.54. The Hall–Kier alpha value is -0.760. The molecule has 0 aromatic carbocycles. The van der Waals surface area contributed by atoms with Crippen molar-refractivity contribution in [1.82, 2.24) is 0 Å². The molecule has 0 bridgehead atoms. The highest BCUT2D eigenvalue weighted by Crippen LogP contribution is 2.30. The lowest BCUT2D eigenvalue weighted by Gasteiger charge is -2.22. The van der Waals surface area contributed by atoms with Gasteiger partial charge in [-0.2, -0.15) is 0 Å². The maximum atomic E-state index is 6.34. The summed E-state index contributed by atoms with van der Waals surface area (Å²) in [7, 11) is 0. The van der Waals surface area contributed by atoms with E-state index in [-0.39, 0.29) is 6.04 Å². The van der Waals surface area contributed by atoms with Crippen molar-refractivity contribution in [2.75, 3.05) is 0 Å². The fourth-order valence-electron chi connectivity index (χ4n) is 2.34. The summed E-state index contributed by atoms with van der Waals surface area (Å²) in [6.45, 7) is 8.44. The molecule has 2 N–H and O–H groups in total. The standard InChI is InChI=1S/C14H25NO/c1-5-7-8-12(6-2)14(15)13-9-10(3)16-11(13)4/h9,12,14H,5-8,15H2,1-4H3. The average molecular weight is 223 g/mol. The van der Waals surface area contributed by atoms with Crippen molar-refractivity contribution in [2.45, 2.75) is 59.4 Å². The molecular formula is C14H25NO. The third-order valence-corrected chi connectivity index (χ3v) is 3.40. The van der Waals surface area contributed by atoms with Crippen molar-refractivity contribution in [2.24, 2.45) is 11.7 Å². The first-order valence-corrected chi connectivity index (χ1v) is 6.42. The molecule has 0 fully saturated rings. The van der Waals surface area contributed by atoms with Gasteiger partial charge in [0.15, 0.2) is 0 Å². The van der Waals surface area contributed by atoms with Gasteiger partial charge in [0.1, 0.15) is 11.5 Å². The molecule has 0 amide bonds. The van der Waals surface area contributed by atoms with E-state index in [1.54, 1.807) is 0 Å². The van der Waals surface area contributed by atoms with Crippen LogP contribution in [0.2, 0.25) is 0 Å². The molecule has 1 aromatic heterocycles. The van der Waals surface area contributed by atoms with Gasteiger partial charge in [0.25, 0.3) is 0 Å². The predicted molar refractivity (Wildman–Crippen MR) is 68.4 cm³/mol. The highest BCUT2D eigenvalue weighted by atomic mass is 16.3. The Morgan fingerprint density at radius 3 is 2.44 bits per heavy atom. The summed E-state index contributed by atoms with van der Waals surface area (Å²) in [6.07, 6.45) is 4.87. The summed E-state index contributed by atoms with van der Waals surface area (Å²) < 4.78 is 5.55. The summed E-state index contributed by atoms with van der Waals surface area (Å²) in [4.78, 5) is 0. The highest BCUT2D eigenvalue weighted by Gasteiger charge is 2.21. The molecular weight excluding hydrogens is 198 g/mol. The van der Waals surface area contributed by atoms with Gasteiger partial charge in [0, 0.05) is 11.6 Å². The molecule has 1 heterocycles. The minimum atomic E-state index is 0.133. The molecule has 0 aliphatic carbocycles. The Labute approximate surface area is 99.2 Å². The number of furan rings is 1. The molecule has 2 heteroatoms. The molecule has 92 valence electrons. The molecule has 0 aliphatic rings. The maximum absolute atomic E-state index is 6.34. The smallest absolute Gasteiger partial charge is 0.105 e. The van der Waals surface area contributed by atoms with Crippen LogP contribution < -0.4 is 5.73 Å². The summed E-state index contributed by atoms with van der Waals surface area (Å²) >= 11 is 0. The summed E-state index contributed by atoms with van der Waals surface area (Å²) in [5, 5.41) is 0. The zero-order valence-corrected chi connectivity index (χ0v) is 11.0. The number of hydrogen-bond donors (Lipinski definition) is 1. The maximum Gasteiger partial charge on any atom is 0.105 e. The Balaban J connectivity index is 2.74. The van der Waals surface area contributed by atoms with Crippen LogP contribution >= 0.6 is 0 Å². The van der Waals surface area contributed by atoms with Crippen molar-refractivity contribution in [3.8, 4) is 0 Å². The average Bonchev–Trinajstić information content (AvgIpc) is 2.58. The van der Waals surface area contributed by atoms with Gasteiger partial charge in [-0.15, -0.1) is 0 Å². The second kappa shape index (κ2) is 6.09. The molecule has 2 nitrogen and oxygen atoms in total. The summed E-state index contributed by atoms with van der Waals surface area (Å²) in [6, 6.07) is 2.23. The van der Waals surface area contributed by atoms with Gasteiger partial charge in [-0.1, -0.05) is 33.1 Å². The van der Waals surface area contributed by atoms with Crippen LogP contribution in [-0.4, -0.2) is 0 Å². The van der Waals surface area contributed by atoms with Crippen LogP contribution in [-0.2, 0) is 0 Å². The van der Waals surface area contributed by atoms with Crippen LogP contribution in [0.25, 0.3) is 0 Å². The minimum Gasteiger partial charge on any atom is -0.466 e. The van der Waals surface area contributed by atoms with E-state index in [0.29, 0.717) is 5.92 Å². The van der Waals surface area contributed by atoms with Crippen LogP contribution in [0.4, 0.5) is 0 Å². The number of rotatable bonds is 6. The molecule has 0 saturated carbocycles. The first-order valence-electron chi connectivity index (χ1n) is 6.42. The lowest BCUT2D eigenvalue weighted by molar-refractivity contribution is 0.373. The quantitative estimate of drug-likeness (QED) is 0.788. The van der Waals surface area contributed by atoms with Gasteiger partial charge in [0.05, 0.1) is 0 Å². The van der Waals surface area contributed by atoms with Crippen LogP contribution in [0.1, 0.15) is 62.7 Å². The van der Waals surface area contributed by atoms with E-state index in [2.05, 4.69) is 19.9 Å². The van der Waals surface area contributed by atoms with Crippen LogP contribution in [0.15, 0.2) is 10.5 Å². The normalized spacial score (nSPS) is 15.1. The van der Waals surface area contributed by atoms with Crippen LogP contribution in [0.5, 0.6) is 0 Å². The molecule has 0 saturated heterocycles. The van der Waals surface area contributed by atoms with Crippen LogP contribution in [0.3, 0.4) is 0 Å². The van der Waals surface area contributed by atoms with Gasteiger partial charge in [-0.3, -0.25) is 0 Å². The first kappa shape index (κ1) is 13.3. The van der Waals surface area contributed by atoms with Gasteiger partial charge in [-0.05, 0) is 32.3 Å². The minimum absolute atomic E-state index is 0.133. The number of unbranched alkanes of at least 4 members (excludes halogenated alkanes) is 1. The topological polar surface area (TPSA) is 39.2 Å². The molecule has 1 aromatic rings. The lowest BCUT2D eigenvalue weighted by Crippen LogP contribution is -2.21. The first-order chi connectivity index (χ1) is 7.60. The van der Waals surface area contributed by atoms with E-state index in [9.17, 15) is 0 Å². The molecule has 16 heavy (non-hydrogen) atoms. The van der Waals surface area contributed by atoms with Gasteiger partial charge < -0.3 is 10.2 Å². The third-order valence-electron chi connectivity index (χ3n) is 3.40. The monoisotopic (exact) mass is 223 g/mol. The van der Waals surface area contributed by atoms with Gasteiger partial charge >= 0.3 is 0 Å². The van der Waals surface area contributed by atoms with Crippen molar-refractivity contribution in [3.05, 3.63) is 23.2 Å². The van der Waals surface area contributed by atoms with E-state index in [1.165, 1.54) is 24.8 Å². The van der Waals surface area contributed by atoms with Crippen molar-refractivity contribution in [1.29, 1.82) is 0 Å². The third kappa shape index (κ3) is 3.11. The van der Waals surface area contributed by atoms with Crippen molar-refractivity contribution < 1.29 is 4.42 Å². The van der Waals surface area contributed by atoms with Crippen molar-refractivity contribution in [3.63, 3.8) is 0 Å². The van der Waals surface area contributed by atoms with Crippen molar-refractivity contribution >= 4 is 0 Å². The van der Waals surface area contributed by atoms with E-state index >= 15 is 0 Å². The molecule has 2 unspecified atom stereocenters. The lowest BCUT2D eigenvalue weighted by atomic mass is 9.87. The Morgan fingerprint density at radius 1 is 1.31 bits per heavy atom. The fraction of sp³-hybridized carbons (Fsp3) is 0.714. The molecule has 0 aliphatic heterocycles. The fourth-order valence-corrected chi connectivity index (χ4v) is 2.34. The second-order valence-corrected chi connectivity index (χ2v) is 4.70. The Bertz CT molecular complexity index is 317. The molecule has 1 rings (SSSR count). The van der Waals surface area contributed by atoms with E-state index in [1.807, 2.05) is 13.8 Å². The van der Waals surface area contributed by atoms with E-state index < -0.39 is 0 Å². The predicted octanol–water partition coefficient (Wildman–Crippen LogP) is 4.11. The second-order valence-electron chi connectivity index (χ2n) is 4.70. The molecule has 0 spiro atoms. The zero-order chi connectivity index (χ0) is 12.1. The van der Waals surface area contributed by atoms with Gasteiger partial charge in [0.2, 0.25) is 0 Å². The van der Waals surface area contributed by atoms with Crippen LogP contribution in [0, 0.1) is 19.8 Å². The number of aryl methyl sites for hydroxylation is 2. The summed E-state index contributed by atoms with van der Waals surface area (Å²) in [5.74, 6) is 2.53. The number of hydrogen-bond acceptors (Lipinski definition) is 2. The Morgan fingerprint density at radius 2 is 2.00 bits per heavy atom. The largest absolute Gasteiger partial charge is 0.466 e. The molecule has 0 radical (unpaired) electrons. The SMILES string of the molecule is CCCCC(CC)C(N)c1cc(C)oc1C. The molecule has 2 atom stereocenters. The highest BCUT2D eigenvalue weighted by molar-refractivity contribution is 5.24. The Kier molecular flexibility index (Phi) is 5.07. The number of nitrogens with two attached hydrogens (primary N) is 1.